The normalized spacial score (nSPS) is 11.8. The fraction of sp³-hybridized carbons (Fsp3) is 0.737. The summed E-state index contributed by atoms with van der Waals surface area (Å²) in [6, 6.07) is -0.685. The van der Waals surface area contributed by atoms with Gasteiger partial charge in [0.25, 0.3) is 0 Å². The smallest absolute Gasteiger partial charge is 0.407 e. The molecule has 7 heteroatoms. The topological polar surface area (TPSA) is 93.7 Å². The molecule has 0 aliphatic heterocycles. The Kier molecular flexibility index (Phi) is 11.9. The van der Waals surface area contributed by atoms with Crippen molar-refractivity contribution < 1.29 is 23.9 Å². The monoisotopic (exact) mass is 368 g/mol. The Bertz CT molecular complexity index is 491. The molecule has 0 saturated heterocycles. The molecule has 0 bridgehead atoms. The molecule has 0 aromatic rings. The maximum absolute atomic E-state index is 12.0. The number of nitrogens with one attached hydrogen (secondary N) is 2. The number of unbranched alkanes of at least 4 members (excludes halogenated alkanes) is 2. The summed E-state index contributed by atoms with van der Waals surface area (Å²) < 4.78 is 10.1. The summed E-state index contributed by atoms with van der Waals surface area (Å²) in [6.07, 6.45) is 7.81. The van der Waals surface area contributed by atoms with Crippen molar-refractivity contribution in [3.8, 4) is 12.3 Å². The lowest BCUT2D eigenvalue weighted by Crippen LogP contribution is -2.42. The Labute approximate surface area is 156 Å². The van der Waals surface area contributed by atoms with E-state index in [0.29, 0.717) is 38.6 Å². The van der Waals surface area contributed by atoms with Crippen LogP contribution in [0.2, 0.25) is 0 Å². The van der Waals surface area contributed by atoms with Gasteiger partial charge in [-0.2, -0.15) is 0 Å². The summed E-state index contributed by atoms with van der Waals surface area (Å²) in [5, 5.41) is 5.36. The zero-order valence-corrected chi connectivity index (χ0v) is 16.4. The van der Waals surface area contributed by atoms with Crippen LogP contribution >= 0.6 is 0 Å². The van der Waals surface area contributed by atoms with Crippen LogP contribution in [0.25, 0.3) is 0 Å². The zero-order valence-electron chi connectivity index (χ0n) is 16.4. The van der Waals surface area contributed by atoms with Gasteiger partial charge in [-0.05, 0) is 53.4 Å². The maximum atomic E-state index is 12.0. The summed E-state index contributed by atoms with van der Waals surface area (Å²) >= 11 is 0. The van der Waals surface area contributed by atoms with Crippen molar-refractivity contribution in [3.05, 3.63) is 0 Å². The summed E-state index contributed by atoms with van der Waals surface area (Å²) in [5.74, 6) is 1.81. The summed E-state index contributed by atoms with van der Waals surface area (Å²) in [4.78, 5) is 35.4. The van der Waals surface area contributed by atoms with Gasteiger partial charge in [-0.15, -0.1) is 12.3 Å². The van der Waals surface area contributed by atoms with Gasteiger partial charge < -0.3 is 20.1 Å². The second kappa shape index (κ2) is 13.0. The van der Waals surface area contributed by atoms with Gasteiger partial charge in [0.1, 0.15) is 11.6 Å². The number of carbonyl (C=O) groups excluding carboxylic acids is 3. The lowest BCUT2D eigenvalue weighted by atomic mass is 10.1. The number of esters is 1. The van der Waals surface area contributed by atoms with E-state index in [4.69, 9.17) is 15.9 Å². The first-order valence-electron chi connectivity index (χ1n) is 9.06. The molecule has 0 radical (unpaired) electrons. The molecule has 0 heterocycles. The number of rotatable bonds is 11. The van der Waals surface area contributed by atoms with E-state index in [1.54, 1.807) is 27.7 Å². The van der Waals surface area contributed by atoms with Crippen LogP contribution in [-0.4, -0.2) is 42.8 Å². The van der Waals surface area contributed by atoms with Crippen molar-refractivity contribution in [3.63, 3.8) is 0 Å². The van der Waals surface area contributed by atoms with E-state index in [0.717, 1.165) is 0 Å². The van der Waals surface area contributed by atoms with Gasteiger partial charge in [-0.3, -0.25) is 4.79 Å². The number of terminal acetylenes is 1. The summed E-state index contributed by atoms with van der Waals surface area (Å²) in [5.41, 5.74) is -0.539. The van der Waals surface area contributed by atoms with Gasteiger partial charge >= 0.3 is 12.1 Å². The lowest BCUT2D eigenvalue weighted by molar-refractivity contribution is -0.147. The van der Waals surface area contributed by atoms with Crippen LogP contribution in [0.3, 0.4) is 0 Å². The number of ether oxygens (including phenoxy) is 2. The molecule has 0 rings (SSSR count). The highest BCUT2D eigenvalue weighted by Gasteiger charge is 2.21. The van der Waals surface area contributed by atoms with Crippen LogP contribution in [0.4, 0.5) is 4.79 Å². The molecule has 0 aliphatic carbocycles. The molecule has 1 atom stereocenters. The van der Waals surface area contributed by atoms with Gasteiger partial charge in [0.15, 0.2) is 0 Å². The molecule has 26 heavy (non-hydrogen) atoms. The van der Waals surface area contributed by atoms with E-state index in [9.17, 15) is 14.4 Å². The Morgan fingerprint density at radius 1 is 1.15 bits per heavy atom. The van der Waals surface area contributed by atoms with Crippen LogP contribution in [0.5, 0.6) is 0 Å². The second-order valence-electron chi connectivity index (χ2n) is 6.85. The second-order valence-corrected chi connectivity index (χ2v) is 6.85. The van der Waals surface area contributed by atoms with Crippen molar-refractivity contribution >= 4 is 18.0 Å². The Morgan fingerprint density at radius 3 is 2.42 bits per heavy atom. The molecule has 7 nitrogen and oxygen atoms in total. The molecular weight excluding hydrogens is 336 g/mol. The first-order valence-corrected chi connectivity index (χ1v) is 9.06. The average molecular weight is 368 g/mol. The van der Waals surface area contributed by atoms with E-state index < -0.39 is 23.7 Å². The fourth-order valence-electron chi connectivity index (χ4n) is 2.09. The SMILES string of the molecule is C#CCCCC(=O)N[C@@H](CCCCNC(=O)OC(C)(C)C)C(=O)OCC. The van der Waals surface area contributed by atoms with Crippen LogP contribution in [0, 0.1) is 12.3 Å². The Hall–Kier alpha value is -2.23. The van der Waals surface area contributed by atoms with Gasteiger partial charge in [0, 0.05) is 19.4 Å². The summed E-state index contributed by atoms with van der Waals surface area (Å²) in [6.45, 7) is 7.78. The predicted molar refractivity (Wildman–Crippen MR) is 99.3 cm³/mol. The van der Waals surface area contributed by atoms with Crippen LogP contribution < -0.4 is 10.6 Å². The predicted octanol–water partition coefficient (Wildman–Crippen LogP) is 2.53. The lowest BCUT2D eigenvalue weighted by Gasteiger charge is -2.20. The molecule has 0 aliphatic rings. The summed E-state index contributed by atoms with van der Waals surface area (Å²) in [7, 11) is 0. The van der Waals surface area contributed by atoms with Crippen LogP contribution in [-0.2, 0) is 19.1 Å². The largest absolute Gasteiger partial charge is 0.464 e. The minimum Gasteiger partial charge on any atom is -0.464 e. The zero-order chi connectivity index (χ0) is 20.0. The van der Waals surface area contributed by atoms with Crippen molar-refractivity contribution in [1.29, 1.82) is 0 Å². The van der Waals surface area contributed by atoms with Crippen molar-refractivity contribution in [1.82, 2.24) is 10.6 Å². The Morgan fingerprint density at radius 2 is 1.85 bits per heavy atom. The number of alkyl carbamates (subject to hydrolysis) is 1. The number of hydrogen-bond donors (Lipinski definition) is 2. The fourth-order valence-corrected chi connectivity index (χ4v) is 2.09. The Balaban J connectivity index is 4.23. The molecule has 0 saturated carbocycles. The van der Waals surface area contributed by atoms with Crippen LogP contribution in [0.1, 0.15) is 66.2 Å². The van der Waals surface area contributed by atoms with Crippen molar-refractivity contribution in [2.75, 3.05) is 13.2 Å². The van der Waals surface area contributed by atoms with Gasteiger partial charge in [0.2, 0.25) is 5.91 Å². The van der Waals surface area contributed by atoms with E-state index >= 15 is 0 Å². The number of amides is 2. The van der Waals surface area contributed by atoms with E-state index in [-0.39, 0.29) is 18.9 Å². The highest BCUT2D eigenvalue weighted by molar-refractivity contribution is 5.84. The first-order chi connectivity index (χ1) is 12.2. The van der Waals surface area contributed by atoms with Gasteiger partial charge in [-0.1, -0.05) is 0 Å². The van der Waals surface area contributed by atoms with E-state index in [1.807, 2.05) is 0 Å². The average Bonchev–Trinajstić information content (AvgIpc) is 2.52. The van der Waals surface area contributed by atoms with E-state index in [1.165, 1.54) is 0 Å². The molecular formula is C19H32N2O5. The van der Waals surface area contributed by atoms with Gasteiger partial charge in [-0.25, -0.2) is 9.59 Å². The molecule has 2 amide bonds. The minimum absolute atomic E-state index is 0.217. The third-order valence-electron chi connectivity index (χ3n) is 3.22. The third-order valence-corrected chi connectivity index (χ3v) is 3.22. The number of carbonyl (C=O) groups is 3. The maximum Gasteiger partial charge on any atom is 0.407 e. The highest BCUT2D eigenvalue weighted by Crippen LogP contribution is 2.07. The molecule has 0 fully saturated rings. The van der Waals surface area contributed by atoms with E-state index in [2.05, 4.69) is 16.6 Å². The molecule has 0 aromatic carbocycles. The molecule has 0 aromatic heterocycles. The third kappa shape index (κ3) is 13.1. The minimum atomic E-state index is -0.685. The standard InChI is InChI=1S/C19H32N2O5/c1-6-8-9-13-16(22)21-15(17(23)25-7-2)12-10-11-14-20-18(24)26-19(3,4)5/h1,15H,7-14H2,2-5H3,(H,20,24)(H,21,22)/t15-/m0/s1. The van der Waals surface area contributed by atoms with Crippen LogP contribution in [0.15, 0.2) is 0 Å². The van der Waals surface area contributed by atoms with Crippen molar-refractivity contribution in [2.24, 2.45) is 0 Å². The number of hydrogen-bond acceptors (Lipinski definition) is 5. The highest BCUT2D eigenvalue weighted by atomic mass is 16.6. The van der Waals surface area contributed by atoms with Crippen molar-refractivity contribution in [2.45, 2.75) is 77.9 Å². The first kappa shape index (κ1) is 23.8. The molecule has 0 spiro atoms. The quantitative estimate of drug-likeness (QED) is 0.332. The molecule has 148 valence electrons. The molecule has 2 N–H and O–H groups in total. The van der Waals surface area contributed by atoms with Gasteiger partial charge in [0.05, 0.1) is 6.61 Å². The molecule has 0 unspecified atom stereocenters.